The lowest BCUT2D eigenvalue weighted by atomic mass is 10.1. The zero-order valence-electron chi connectivity index (χ0n) is 16.5. The van der Waals surface area contributed by atoms with E-state index in [1.807, 2.05) is 0 Å². The first kappa shape index (κ1) is 22.5. The fraction of sp³-hybridized carbons (Fsp3) is 0.150. The van der Waals surface area contributed by atoms with Gasteiger partial charge in [-0.1, -0.05) is 18.2 Å². The van der Waals surface area contributed by atoms with E-state index < -0.39 is 28.3 Å². The maximum absolute atomic E-state index is 13.0. The minimum Gasteiger partial charge on any atom is -0.462 e. The molecule has 0 amide bonds. The van der Waals surface area contributed by atoms with Crippen LogP contribution in [0.2, 0.25) is 0 Å². The van der Waals surface area contributed by atoms with Crippen LogP contribution >= 0.6 is 0 Å². The van der Waals surface area contributed by atoms with E-state index in [0.717, 1.165) is 24.5 Å². The number of aromatic nitrogens is 2. The topological polar surface area (TPSA) is 119 Å². The summed E-state index contributed by atoms with van der Waals surface area (Å²) < 4.78 is 43.9. The van der Waals surface area contributed by atoms with Crippen molar-refractivity contribution in [2.45, 2.75) is 13.1 Å². The molecule has 0 spiro atoms. The molecule has 12 heteroatoms. The Hall–Kier alpha value is -4.22. The number of hydrogen-bond acceptors (Lipinski definition) is 8. The molecule has 32 heavy (non-hydrogen) atoms. The number of anilines is 4. The Morgan fingerprint density at radius 1 is 1.09 bits per heavy atom. The molecule has 166 valence electrons. The van der Waals surface area contributed by atoms with Crippen molar-refractivity contribution in [1.29, 1.82) is 0 Å². The van der Waals surface area contributed by atoms with Gasteiger partial charge in [-0.25, -0.2) is 14.8 Å². The van der Waals surface area contributed by atoms with E-state index in [9.17, 15) is 28.1 Å². The summed E-state index contributed by atoms with van der Waals surface area (Å²) in [5.74, 6) is -1.24. The minimum atomic E-state index is -4.58. The maximum atomic E-state index is 13.0. The Balaban J connectivity index is 1.99. The largest absolute Gasteiger partial charge is 0.462 e. The third kappa shape index (κ3) is 5.09. The quantitative estimate of drug-likeness (QED) is 0.293. The molecule has 0 bridgehead atoms. The number of alkyl halides is 3. The van der Waals surface area contributed by atoms with Crippen LogP contribution in [0.3, 0.4) is 0 Å². The number of hydrogen-bond donors (Lipinski definition) is 2. The molecule has 0 radical (unpaired) electrons. The van der Waals surface area contributed by atoms with Crippen molar-refractivity contribution in [2.24, 2.45) is 0 Å². The first-order valence-electron chi connectivity index (χ1n) is 9.17. The van der Waals surface area contributed by atoms with Crippen molar-refractivity contribution < 1.29 is 27.6 Å². The van der Waals surface area contributed by atoms with Crippen LogP contribution in [0.1, 0.15) is 22.8 Å². The second-order valence-corrected chi connectivity index (χ2v) is 6.27. The molecule has 0 saturated heterocycles. The predicted octanol–water partition coefficient (Wildman–Crippen LogP) is 5.07. The zero-order valence-corrected chi connectivity index (χ0v) is 16.5. The fourth-order valence-electron chi connectivity index (χ4n) is 2.75. The summed E-state index contributed by atoms with van der Waals surface area (Å²) in [6.07, 6.45) is -3.59. The van der Waals surface area contributed by atoms with Crippen LogP contribution in [-0.2, 0) is 10.9 Å². The van der Waals surface area contributed by atoms with E-state index in [1.54, 1.807) is 19.1 Å². The molecule has 1 aromatic heterocycles. The van der Waals surface area contributed by atoms with Gasteiger partial charge in [0.05, 0.1) is 28.3 Å². The number of nitrogens with zero attached hydrogens (tertiary/aromatic N) is 3. The van der Waals surface area contributed by atoms with Gasteiger partial charge >= 0.3 is 17.8 Å². The fourth-order valence-corrected chi connectivity index (χ4v) is 2.75. The summed E-state index contributed by atoms with van der Waals surface area (Å²) in [6, 6.07) is 10.3. The van der Waals surface area contributed by atoms with Gasteiger partial charge in [0.1, 0.15) is 6.33 Å². The smallest absolute Gasteiger partial charge is 0.416 e. The molecule has 0 aliphatic carbocycles. The van der Waals surface area contributed by atoms with Gasteiger partial charge in [0, 0.05) is 5.69 Å². The number of esters is 1. The van der Waals surface area contributed by atoms with Gasteiger partial charge in [-0.05, 0) is 37.3 Å². The SMILES string of the molecule is CCOC(=O)c1ccccc1Nc1ncnc(Nc2cccc(C(F)(F)F)c2)c1[N+](=O)[O-]. The van der Waals surface area contributed by atoms with Gasteiger partial charge in [-0.15, -0.1) is 0 Å². The Kier molecular flexibility index (Phi) is 6.52. The van der Waals surface area contributed by atoms with Crippen LogP contribution in [0.5, 0.6) is 0 Å². The lowest BCUT2D eigenvalue weighted by molar-refractivity contribution is -0.383. The number of halogens is 3. The molecule has 0 aliphatic rings. The lowest BCUT2D eigenvalue weighted by Crippen LogP contribution is -2.10. The maximum Gasteiger partial charge on any atom is 0.416 e. The average molecular weight is 447 g/mol. The number of nitro groups is 1. The average Bonchev–Trinajstić information content (AvgIpc) is 2.74. The highest BCUT2D eigenvalue weighted by atomic mass is 19.4. The highest BCUT2D eigenvalue weighted by Gasteiger charge is 2.31. The summed E-state index contributed by atoms with van der Waals surface area (Å²) in [5.41, 5.74) is -1.29. The first-order valence-corrected chi connectivity index (χ1v) is 9.17. The van der Waals surface area contributed by atoms with Crippen LogP contribution < -0.4 is 10.6 Å². The van der Waals surface area contributed by atoms with E-state index >= 15 is 0 Å². The monoisotopic (exact) mass is 447 g/mol. The molecular weight excluding hydrogens is 431 g/mol. The molecule has 2 aromatic carbocycles. The number of nitrogens with one attached hydrogen (secondary N) is 2. The second-order valence-electron chi connectivity index (χ2n) is 6.27. The molecule has 0 atom stereocenters. The molecule has 0 fully saturated rings. The number of carbonyl (C=O) groups excluding carboxylic acids is 1. The van der Waals surface area contributed by atoms with Crippen LogP contribution in [0.25, 0.3) is 0 Å². The first-order chi connectivity index (χ1) is 15.2. The number of ether oxygens (including phenoxy) is 1. The van der Waals surface area contributed by atoms with Crippen LogP contribution in [0.15, 0.2) is 54.9 Å². The standard InChI is InChI=1S/C20H16F3N5O4/c1-2-32-19(29)14-8-3-4-9-15(14)27-18-16(28(30)31)17(24-11-25-18)26-13-7-5-6-12(10-13)20(21,22)23/h3-11H,2H2,1H3,(H2,24,25,26,27). The molecule has 9 nitrogen and oxygen atoms in total. The number of benzene rings is 2. The van der Waals surface area contributed by atoms with E-state index in [0.29, 0.717) is 0 Å². The van der Waals surface area contributed by atoms with Gasteiger partial charge in [0.25, 0.3) is 0 Å². The molecule has 3 aromatic rings. The Bertz CT molecular complexity index is 1150. The molecule has 0 unspecified atom stereocenters. The van der Waals surface area contributed by atoms with E-state index in [4.69, 9.17) is 4.74 Å². The van der Waals surface area contributed by atoms with Crippen LogP contribution in [-0.4, -0.2) is 27.5 Å². The van der Waals surface area contributed by atoms with Crippen LogP contribution in [0, 0.1) is 10.1 Å². The number of rotatable bonds is 7. The lowest BCUT2D eigenvalue weighted by Gasteiger charge is -2.13. The van der Waals surface area contributed by atoms with Crippen LogP contribution in [0.4, 0.5) is 41.9 Å². The highest BCUT2D eigenvalue weighted by molar-refractivity contribution is 5.97. The van der Waals surface area contributed by atoms with Crippen molar-refractivity contribution in [3.05, 3.63) is 76.1 Å². The number of para-hydroxylation sites is 1. The summed E-state index contributed by atoms with van der Waals surface area (Å²) in [6.45, 7) is 1.76. The van der Waals surface area contributed by atoms with Gasteiger partial charge in [-0.3, -0.25) is 10.1 Å². The van der Waals surface area contributed by atoms with Gasteiger partial charge in [-0.2, -0.15) is 13.2 Å². The Morgan fingerprint density at radius 2 is 1.78 bits per heavy atom. The molecule has 0 saturated carbocycles. The molecule has 3 rings (SSSR count). The summed E-state index contributed by atoms with van der Waals surface area (Å²) in [5, 5.41) is 17.0. The van der Waals surface area contributed by atoms with E-state index in [1.165, 1.54) is 18.2 Å². The Morgan fingerprint density at radius 3 is 2.44 bits per heavy atom. The molecule has 2 N–H and O–H groups in total. The molecule has 0 aliphatic heterocycles. The van der Waals surface area contributed by atoms with Gasteiger partial charge in [0.15, 0.2) is 0 Å². The normalized spacial score (nSPS) is 11.0. The summed E-state index contributed by atoms with van der Waals surface area (Å²) in [4.78, 5) is 30.8. The zero-order chi connectivity index (χ0) is 23.3. The van der Waals surface area contributed by atoms with E-state index in [2.05, 4.69) is 20.6 Å². The number of carbonyl (C=O) groups is 1. The van der Waals surface area contributed by atoms with Crippen molar-refractivity contribution in [1.82, 2.24) is 9.97 Å². The Labute approximate surface area is 179 Å². The van der Waals surface area contributed by atoms with Crippen molar-refractivity contribution in [3.63, 3.8) is 0 Å². The highest BCUT2D eigenvalue weighted by Crippen LogP contribution is 2.35. The van der Waals surface area contributed by atoms with Crippen molar-refractivity contribution in [3.8, 4) is 0 Å². The van der Waals surface area contributed by atoms with E-state index in [-0.39, 0.29) is 35.2 Å². The third-order valence-electron chi connectivity index (χ3n) is 4.13. The molecular formula is C20H16F3N5O4. The third-order valence-corrected chi connectivity index (χ3v) is 4.13. The minimum absolute atomic E-state index is 0.0560. The summed E-state index contributed by atoms with van der Waals surface area (Å²) >= 11 is 0. The van der Waals surface area contributed by atoms with Crippen molar-refractivity contribution >= 4 is 34.7 Å². The summed E-state index contributed by atoms with van der Waals surface area (Å²) in [7, 11) is 0. The second kappa shape index (κ2) is 9.29. The molecule has 1 heterocycles. The predicted molar refractivity (Wildman–Crippen MR) is 109 cm³/mol. The van der Waals surface area contributed by atoms with Crippen molar-refractivity contribution in [2.75, 3.05) is 17.2 Å². The van der Waals surface area contributed by atoms with Gasteiger partial charge in [0.2, 0.25) is 11.6 Å². The van der Waals surface area contributed by atoms with Gasteiger partial charge < -0.3 is 15.4 Å².